The number of aryl methyl sites for hydroxylation is 1. The third-order valence-corrected chi connectivity index (χ3v) is 2.49. The maximum Gasteiger partial charge on any atom is 0.305 e. The third kappa shape index (κ3) is 4.10. The molecule has 0 atom stereocenters. The van der Waals surface area contributed by atoms with Gasteiger partial charge in [0.2, 0.25) is 0 Å². The maximum absolute atomic E-state index is 10.5. The van der Waals surface area contributed by atoms with Crippen molar-refractivity contribution in [1.29, 1.82) is 0 Å². The van der Waals surface area contributed by atoms with E-state index in [-0.39, 0.29) is 6.42 Å². The Bertz CT molecular complexity index is 358. The molecule has 0 aliphatic rings. The van der Waals surface area contributed by atoms with Crippen LogP contribution in [0.1, 0.15) is 12.1 Å². The summed E-state index contributed by atoms with van der Waals surface area (Å²) in [6.45, 7) is 0.500. The maximum atomic E-state index is 10.5. The average molecular weight is 240 g/mol. The van der Waals surface area contributed by atoms with E-state index in [1.165, 1.54) is 0 Å². The van der Waals surface area contributed by atoms with Gasteiger partial charge in [-0.3, -0.25) is 9.78 Å². The number of rotatable bonds is 6. The summed E-state index contributed by atoms with van der Waals surface area (Å²) in [5.74, 6) is -0.0218. The van der Waals surface area contributed by atoms with Crippen LogP contribution in [0.3, 0.4) is 0 Å². The minimum absolute atomic E-state index is 0.140. The lowest BCUT2D eigenvalue weighted by atomic mass is 10.2. The molecular formula is C11H16N2O2S. The normalized spacial score (nSPS) is 10.1. The van der Waals surface area contributed by atoms with Crippen LogP contribution in [-0.4, -0.2) is 35.4 Å². The van der Waals surface area contributed by atoms with E-state index in [0.717, 1.165) is 23.6 Å². The van der Waals surface area contributed by atoms with E-state index in [0.29, 0.717) is 6.54 Å². The van der Waals surface area contributed by atoms with Crippen LogP contribution < -0.4 is 4.90 Å². The Morgan fingerprint density at radius 3 is 3.00 bits per heavy atom. The van der Waals surface area contributed by atoms with Crippen LogP contribution in [0.5, 0.6) is 0 Å². The first kappa shape index (κ1) is 12.8. The molecule has 4 nitrogen and oxygen atoms in total. The number of aliphatic carboxylic acids is 1. The molecule has 1 rings (SSSR count). The first-order valence-electron chi connectivity index (χ1n) is 5.12. The van der Waals surface area contributed by atoms with Crippen molar-refractivity contribution in [2.75, 3.05) is 24.2 Å². The Kier molecular flexibility index (Phi) is 5.11. The Balaban J connectivity index is 2.63. The number of hydrogen-bond acceptors (Lipinski definition) is 4. The molecule has 0 amide bonds. The van der Waals surface area contributed by atoms with Crippen molar-refractivity contribution in [3.05, 3.63) is 24.0 Å². The summed E-state index contributed by atoms with van der Waals surface area (Å²) in [5.41, 5.74) is 1.97. The second-order valence-electron chi connectivity index (χ2n) is 3.54. The predicted octanol–water partition coefficient (Wildman–Crippen LogP) is 1.46. The predicted molar refractivity (Wildman–Crippen MR) is 67.3 cm³/mol. The number of aromatic nitrogens is 1. The number of carboxylic acid groups (broad SMARTS) is 1. The fraction of sp³-hybridized carbons (Fsp3) is 0.455. The molecule has 0 spiro atoms. The van der Waals surface area contributed by atoms with E-state index in [2.05, 4.69) is 17.6 Å². The molecule has 0 aliphatic carbocycles. The first-order valence-corrected chi connectivity index (χ1v) is 5.75. The van der Waals surface area contributed by atoms with Crippen molar-refractivity contribution in [2.24, 2.45) is 0 Å². The fourth-order valence-electron chi connectivity index (χ4n) is 1.35. The van der Waals surface area contributed by atoms with Gasteiger partial charge in [0.1, 0.15) is 0 Å². The summed E-state index contributed by atoms with van der Waals surface area (Å²) in [7, 11) is 1.88. The summed E-state index contributed by atoms with van der Waals surface area (Å²) >= 11 is 4.15. The largest absolute Gasteiger partial charge is 0.481 e. The zero-order valence-corrected chi connectivity index (χ0v) is 10.2. The standard InChI is InChI=1S/C11H16N2O2S/c1-13(6-3-11(14)15)10-2-5-12-9(8-10)4-7-16/h2,5,8,16H,3-4,6-7H2,1H3,(H,14,15). The quantitative estimate of drug-likeness (QED) is 0.739. The number of carboxylic acids is 1. The van der Waals surface area contributed by atoms with Crippen molar-refractivity contribution >= 4 is 24.3 Å². The average Bonchev–Trinajstić information content (AvgIpc) is 2.26. The molecule has 0 unspecified atom stereocenters. The third-order valence-electron chi connectivity index (χ3n) is 2.27. The van der Waals surface area contributed by atoms with Gasteiger partial charge in [0.25, 0.3) is 0 Å². The fourth-order valence-corrected chi connectivity index (χ4v) is 1.58. The van der Waals surface area contributed by atoms with Gasteiger partial charge in [0.15, 0.2) is 0 Å². The SMILES string of the molecule is CN(CCC(=O)O)c1ccnc(CCS)c1. The molecule has 88 valence electrons. The van der Waals surface area contributed by atoms with Crippen LogP contribution in [0.15, 0.2) is 18.3 Å². The Morgan fingerprint density at radius 2 is 2.38 bits per heavy atom. The van der Waals surface area contributed by atoms with Gasteiger partial charge < -0.3 is 10.0 Å². The van der Waals surface area contributed by atoms with Crippen molar-refractivity contribution in [3.8, 4) is 0 Å². The van der Waals surface area contributed by atoms with Gasteiger partial charge in [-0.15, -0.1) is 0 Å². The second-order valence-corrected chi connectivity index (χ2v) is 3.99. The Morgan fingerprint density at radius 1 is 1.62 bits per heavy atom. The highest BCUT2D eigenvalue weighted by molar-refractivity contribution is 7.80. The van der Waals surface area contributed by atoms with Crippen LogP contribution in [0.2, 0.25) is 0 Å². The van der Waals surface area contributed by atoms with Crippen LogP contribution in [0.25, 0.3) is 0 Å². The van der Waals surface area contributed by atoms with Gasteiger partial charge in [-0.25, -0.2) is 0 Å². The van der Waals surface area contributed by atoms with Crippen LogP contribution >= 0.6 is 12.6 Å². The second kappa shape index (κ2) is 6.37. The Hall–Kier alpha value is -1.23. The van der Waals surface area contributed by atoms with Gasteiger partial charge in [0, 0.05) is 31.2 Å². The van der Waals surface area contributed by atoms with Crippen LogP contribution in [0.4, 0.5) is 5.69 Å². The van der Waals surface area contributed by atoms with Crippen molar-refractivity contribution in [1.82, 2.24) is 4.98 Å². The number of carbonyl (C=O) groups is 1. The number of nitrogens with zero attached hydrogens (tertiary/aromatic N) is 2. The lowest BCUT2D eigenvalue weighted by Crippen LogP contribution is -2.21. The molecule has 1 aromatic rings. The van der Waals surface area contributed by atoms with E-state index in [1.807, 2.05) is 24.1 Å². The van der Waals surface area contributed by atoms with Gasteiger partial charge in [-0.2, -0.15) is 12.6 Å². The van der Waals surface area contributed by atoms with E-state index in [1.54, 1.807) is 6.20 Å². The minimum atomic E-state index is -0.781. The first-order chi connectivity index (χ1) is 7.63. The molecule has 0 aliphatic heterocycles. The highest BCUT2D eigenvalue weighted by atomic mass is 32.1. The van der Waals surface area contributed by atoms with E-state index >= 15 is 0 Å². The van der Waals surface area contributed by atoms with Crippen LogP contribution in [-0.2, 0) is 11.2 Å². The lowest BCUT2D eigenvalue weighted by molar-refractivity contribution is -0.136. The number of thiol groups is 1. The van der Waals surface area contributed by atoms with E-state index < -0.39 is 5.97 Å². The van der Waals surface area contributed by atoms with Gasteiger partial charge in [-0.1, -0.05) is 0 Å². The topological polar surface area (TPSA) is 53.4 Å². The molecule has 1 aromatic heterocycles. The van der Waals surface area contributed by atoms with E-state index in [9.17, 15) is 4.79 Å². The molecule has 0 radical (unpaired) electrons. The molecule has 5 heteroatoms. The molecule has 1 N–H and O–H groups in total. The number of pyridine rings is 1. The summed E-state index contributed by atoms with van der Waals surface area (Å²) < 4.78 is 0. The molecular weight excluding hydrogens is 224 g/mol. The summed E-state index contributed by atoms with van der Waals surface area (Å²) in [6, 6.07) is 3.85. The summed E-state index contributed by atoms with van der Waals surface area (Å²) in [6.07, 6.45) is 2.70. The summed E-state index contributed by atoms with van der Waals surface area (Å²) in [4.78, 5) is 16.6. The lowest BCUT2D eigenvalue weighted by Gasteiger charge is -2.18. The van der Waals surface area contributed by atoms with Crippen LogP contribution in [0, 0.1) is 0 Å². The minimum Gasteiger partial charge on any atom is -0.481 e. The van der Waals surface area contributed by atoms with Gasteiger partial charge >= 0.3 is 5.97 Å². The number of anilines is 1. The van der Waals surface area contributed by atoms with Gasteiger partial charge in [0.05, 0.1) is 6.42 Å². The van der Waals surface area contributed by atoms with Crippen molar-refractivity contribution in [2.45, 2.75) is 12.8 Å². The van der Waals surface area contributed by atoms with Gasteiger partial charge in [-0.05, 0) is 24.3 Å². The van der Waals surface area contributed by atoms with E-state index in [4.69, 9.17) is 5.11 Å². The van der Waals surface area contributed by atoms with Crippen molar-refractivity contribution < 1.29 is 9.90 Å². The number of hydrogen-bond donors (Lipinski definition) is 2. The molecule has 0 saturated carbocycles. The zero-order valence-electron chi connectivity index (χ0n) is 9.26. The Labute approximate surface area is 101 Å². The molecule has 0 bridgehead atoms. The molecule has 0 saturated heterocycles. The smallest absolute Gasteiger partial charge is 0.305 e. The molecule has 1 heterocycles. The zero-order chi connectivity index (χ0) is 12.0. The molecule has 16 heavy (non-hydrogen) atoms. The highest BCUT2D eigenvalue weighted by Crippen LogP contribution is 2.13. The molecule has 0 fully saturated rings. The monoisotopic (exact) mass is 240 g/mol. The van der Waals surface area contributed by atoms with Crippen molar-refractivity contribution in [3.63, 3.8) is 0 Å². The highest BCUT2D eigenvalue weighted by Gasteiger charge is 2.04. The summed E-state index contributed by atoms with van der Waals surface area (Å²) in [5, 5.41) is 8.60. The molecule has 0 aromatic carbocycles.